The molecule has 0 fully saturated rings. The van der Waals surface area contributed by atoms with Crippen molar-refractivity contribution >= 4 is 40.0 Å². The van der Waals surface area contributed by atoms with Crippen molar-refractivity contribution < 1.29 is 0 Å². The van der Waals surface area contributed by atoms with Crippen LogP contribution in [0.5, 0.6) is 0 Å². The highest BCUT2D eigenvalue weighted by Gasteiger charge is 2.09. The lowest BCUT2D eigenvalue weighted by Crippen LogP contribution is -1.95. The minimum Gasteiger partial charge on any atom is -0.293 e. The summed E-state index contributed by atoms with van der Waals surface area (Å²) in [6.07, 6.45) is 4.76. The Morgan fingerprint density at radius 1 is 1.42 bits per heavy atom. The highest BCUT2D eigenvalue weighted by molar-refractivity contribution is 8.13. The van der Waals surface area contributed by atoms with Crippen LogP contribution in [0, 0.1) is 5.41 Å². The van der Waals surface area contributed by atoms with Gasteiger partial charge in [-0.15, -0.1) is 11.8 Å². The van der Waals surface area contributed by atoms with Gasteiger partial charge in [0.2, 0.25) is 0 Å². The van der Waals surface area contributed by atoms with Crippen molar-refractivity contribution in [2.45, 2.75) is 0 Å². The normalized spacial score (nSPS) is 9.92. The van der Waals surface area contributed by atoms with Crippen LogP contribution in [0.1, 0.15) is 5.56 Å². The summed E-state index contributed by atoms with van der Waals surface area (Å²) in [6.45, 7) is 0. The Balaban J connectivity index is 3.21. The van der Waals surface area contributed by atoms with E-state index in [2.05, 4.69) is 4.98 Å². The fourth-order valence-electron chi connectivity index (χ4n) is 0.730. The van der Waals surface area contributed by atoms with Crippen LogP contribution < -0.4 is 0 Å². The molecule has 1 heterocycles. The lowest BCUT2D eigenvalue weighted by molar-refractivity contribution is 1.32. The molecule has 0 aliphatic rings. The van der Waals surface area contributed by atoms with E-state index in [1.54, 1.807) is 6.26 Å². The maximum absolute atomic E-state index is 7.53. The average Bonchev–Trinajstić information content (AvgIpc) is 2.03. The molecule has 0 saturated heterocycles. The molecule has 1 aromatic rings. The van der Waals surface area contributed by atoms with Crippen LogP contribution in [0.4, 0.5) is 0 Å². The molecule has 0 bridgehead atoms. The highest BCUT2D eigenvalue weighted by atomic mass is 35.5. The number of pyridine rings is 1. The Kier molecular flexibility index (Phi) is 3.38. The molecule has 0 aliphatic carbocycles. The molecule has 0 aromatic carbocycles. The molecule has 0 atom stereocenters. The van der Waals surface area contributed by atoms with Gasteiger partial charge in [0.15, 0.2) is 0 Å². The Morgan fingerprint density at radius 3 is 2.33 bits per heavy atom. The quantitative estimate of drug-likeness (QED) is 0.584. The summed E-state index contributed by atoms with van der Waals surface area (Å²) >= 11 is 12.9. The third-order valence-corrected chi connectivity index (χ3v) is 2.47. The molecule has 0 saturated carbocycles. The largest absolute Gasteiger partial charge is 0.293 e. The second-order valence-corrected chi connectivity index (χ2v) is 3.64. The molecule has 0 radical (unpaired) electrons. The minimum absolute atomic E-state index is 0.354. The van der Waals surface area contributed by atoms with Crippen molar-refractivity contribution in [2.24, 2.45) is 0 Å². The Labute approximate surface area is 84.8 Å². The average molecular weight is 221 g/mol. The van der Waals surface area contributed by atoms with Crippen LogP contribution in [0.3, 0.4) is 0 Å². The topological polar surface area (TPSA) is 36.7 Å². The fourth-order valence-corrected chi connectivity index (χ4v) is 1.82. The Hall–Kier alpha value is -0.250. The first-order valence-corrected chi connectivity index (χ1v) is 5.06. The van der Waals surface area contributed by atoms with Crippen molar-refractivity contribution in [3.05, 3.63) is 28.0 Å². The molecule has 0 aliphatic heterocycles. The van der Waals surface area contributed by atoms with E-state index in [-0.39, 0.29) is 0 Å². The van der Waals surface area contributed by atoms with Gasteiger partial charge in [-0.25, -0.2) is 0 Å². The summed E-state index contributed by atoms with van der Waals surface area (Å²) in [5.41, 5.74) is 0.556. The number of hydrogen-bond donors (Lipinski definition) is 1. The molecule has 1 aromatic heterocycles. The fraction of sp³-hybridized carbons (Fsp3) is 0.143. The molecule has 64 valence electrons. The van der Waals surface area contributed by atoms with Gasteiger partial charge < -0.3 is 0 Å². The first-order valence-electron chi connectivity index (χ1n) is 3.08. The molecule has 2 nitrogen and oxygen atoms in total. The van der Waals surface area contributed by atoms with E-state index in [0.29, 0.717) is 20.7 Å². The van der Waals surface area contributed by atoms with E-state index in [1.165, 1.54) is 24.2 Å². The molecule has 1 rings (SSSR count). The van der Waals surface area contributed by atoms with Gasteiger partial charge in [0.25, 0.3) is 0 Å². The van der Waals surface area contributed by atoms with E-state index in [0.717, 1.165) is 0 Å². The number of nitrogens with zero attached hydrogens (tertiary/aromatic N) is 1. The molecule has 0 spiro atoms. The lowest BCUT2D eigenvalue weighted by atomic mass is 10.3. The zero-order valence-electron chi connectivity index (χ0n) is 6.27. The first kappa shape index (κ1) is 9.84. The van der Waals surface area contributed by atoms with E-state index < -0.39 is 0 Å². The van der Waals surface area contributed by atoms with Crippen LogP contribution in [0.2, 0.25) is 10.0 Å². The van der Waals surface area contributed by atoms with E-state index in [4.69, 9.17) is 28.6 Å². The number of thioether (sulfide) groups is 1. The predicted octanol–water partition coefficient (Wildman–Crippen LogP) is 3.08. The molecule has 0 unspecified atom stereocenters. The van der Waals surface area contributed by atoms with Crippen molar-refractivity contribution in [1.29, 1.82) is 5.41 Å². The first-order chi connectivity index (χ1) is 5.66. The van der Waals surface area contributed by atoms with Gasteiger partial charge in [0.05, 0.1) is 15.1 Å². The van der Waals surface area contributed by atoms with Crippen molar-refractivity contribution in [2.75, 3.05) is 6.26 Å². The maximum atomic E-state index is 7.53. The lowest BCUT2D eigenvalue weighted by Gasteiger charge is -2.04. The number of aromatic nitrogens is 1. The zero-order valence-corrected chi connectivity index (χ0v) is 8.59. The van der Waals surface area contributed by atoms with E-state index in [1.807, 2.05) is 0 Å². The van der Waals surface area contributed by atoms with Crippen LogP contribution in [0.15, 0.2) is 12.4 Å². The summed E-state index contributed by atoms with van der Waals surface area (Å²) in [6, 6.07) is 0. The van der Waals surface area contributed by atoms with Crippen molar-refractivity contribution in [3.8, 4) is 0 Å². The smallest absolute Gasteiger partial charge is 0.0971 e. The summed E-state index contributed by atoms with van der Waals surface area (Å²) in [5.74, 6) is 0. The second-order valence-electron chi connectivity index (χ2n) is 2.01. The predicted molar refractivity (Wildman–Crippen MR) is 54.6 cm³/mol. The molecule has 0 amide bonds. The number of nitrogens with one attached hydrogen (secondary N) is 1. The monoisotopic (exact) mass is 220 g/mol. The van der Waals surface area contributed by atoms with Gasteiger partial charge in [-0.1, -0.05) is 23.2 Å². The molecular formula is C7H6Cl2N2S. The Bertz CT molecular complexity index is 294. The number of halogens is 2. The van der Waals surface area contributed by atoms with E-state index >= 15 is 0 Å². The van der Waals surface area contributed by atoms with Crippen LogP contribution in [-0.4, -0.2) is 16.3 Å². The number of hydrogen-bond acceptors (Lipinski definition) is 3. The SMILES string of the molecule is CSC(=N)c1c(Cl)cncc1Cl. The molecule has 5 heteroatoms. The highest BCUT2D eigenvalue weighted by Crippen LogP contribution is 2.25. The standard InChI is InChI=1S/C7H6Cl2N2S/c1-12-7(10)6-4(8)2-11-3-5(6)9/h2-3,10H,1H3. The summed E-state index contributed by atoms with van der Waals surface area (Å²) in [7, 11) is 0. The molecule has 1 N–H and O–H groups in total. The van der Waals surface area contributed by atoms with Gasteiger partial charge in [-0.3, -0.25) is 10.4 Å². The van der Waals surface area contributed by atoms with Gasteiger partial charge in [0, 0.05) is 18.0 Å². The summed E-state index contributed by atoms with van der Waals surface area (Å²) in [5, 5.41) is 8.72. The van der Waals surface area contributed by atoms with Gasteiger partial charge >= 0.3 is 0 Å². The van der Waals surface area contributed by atoms with Crippen molar-refractivity contribution in [1.82, 2.24) is 4.98 Å². The molecule has 12 heavy (non-hydrogen) atoms. The second kappa shape index (κ2) is 4.12. The van der Waals surface area contributed by atoms with Gasteiger partial charge in [-0.2, -0.15) is 0 Å². The number of rotatable bonds is 1. The Morgan fingerprint density at radius 2 is 1.92 bits per heavy atom. The maximum Gasteiger partial charge on any atom is 0.0971 e. The summed E-state index contributed by atoms with van der Waals surface area (Å²) in [4.78, 5) is 3.79. The summed E-state index contributed by atoms with van der Waals surface area (Å²) < 4.78 is 0. The van der Waals surface area contributed by atoms with Gasteiger partial charge in [0.1, 0.15) is 0 Å². The van der Waals surface area contributed by atoms with Gasteiger partial charge in [-0.05, 0) is 6.26 Å². The van der Waals surface area contributed by atoms with Crippen LogP contribution in [-0.2, 0) is 0 Å². The zero-order chi connectivity index (χ0) is 9.14. The molecular weight excluding hydrogens is 215 g/mol. The third kappa shape index (κ3) is 1.91. The minimum atomic E-state index is 0.354. The van der Waals surface area contributed by atoms with Crippen LogP contribution in [0.25, 0.3) is 0 Å². The third-order valence-electron chi connectivity index (χ3n) is 1.28. The van der Waals surface area contributed by atoms with E-state index in [9.17, 15) is 0 Å². The van der Waals surface area contributed by atoms with Crippen LogP contribution >= 0.6 is 35.0 Å². The van der Waals surface area contributed by atoms with Crippen molar-refractivity contribution in [3.63, 3.8) is 0 Å².